The molecule has 0 saturated carbocycles. The van der Waals surface area contributed by atoms with Crippen LogP contribution in [0.2, 0.25) is 0 Å². The second-order valence-electron chi connectivity index (χ2n) is 5.25. The molecule has 1 aromatic heterocycles. The first-order chi connectivity index (χ1) is 10.3. The molecule has 4 heteroatoms. The molecule has 3 aromatic rings. The largest absolute Gasteiger partial charge is 0.287 e. The van der Waals surface area contributed by atoms with Crippen LogP contribution < -0.4 is 5.43 Å². The van der Waals surface area contributed by atoms with Crippen LogP contribution in [0.1, 0.15) is 11.5 Å². The van der Waals surface area contributed by atoms with Crippen LogP contribution in [0, 0.1) is 0 Å². The molecule has 0 saturated heterocycles. The molecule has 1 aliphatic rings. The summed E-state index contributed by atoms with van der Waals surface area (Å²) in [6.45, 7) is 0.810. The zero-order chi connectivity index (χ0) is 14.2. The maximum absolute atomic E-state index is 11.9. The third-order valence-corrected chi connectivity index (χ3v) is 5.21. The first kappa shape index (κ1) is 12.7. The Bertz CT molecular complexity index is 872. The monoisotopic (exact) mass is 294 g/mol. The van der Waals surface area contributed by atoms with Gasteiger partial charge in [0.15, 0.2) is 0 Å². The van der Waals surface area contributed by atoms with E-state index in [1.807, 2.05) is 40.7 Å². The van der Waals surface area contributed by atoms with E-state index >= 15 is 0 Å². The molecule has 0 radical (unpaired) electrons. The Morgan fingerprint density at radius 2 is 1.95 bits per heavy atom. The fraction of sp³-hybridized carbons (Fsp3) is 0.176. The van der Waals surface area contributed by atoms with Crippen molar-refractivity contribution in [3.05, 3.63) is 70.5 Å². The first-order valence-electron chi connectivity index (χ1n) is 6.99. The van der Waals surface area contributed by atoms with E-state index in [2.05, 4.69) is 29.4 Å². The lowest BCUT2D eigenvalue weighted by Gasteiger charge is -2.14. The highest BCUT2D eigenvalue weighted by atomic mass is 32.2. The van der Waals surface area contributed by atoms with Gasteiger partial charge in [0.2, 0.25) is 5.43 Å². The highest BCUT2D eigenvalue weighted by Crippen LogP contribution is 2.40. The Kier molecular flexibility index (Phi) is 3.04. The van der Waals surface area contributed by atoms with Crippen molar-refractivity contribution in [3.8, 4) is 0 Å². The van der Waals surface area contributed by atoms with Gasteiger partial charge in [-0.3, -0.25) is 9.48 Å². The van der Waals surface area contributed by atoms with E-state index in [9.17, 15) is 4.79 Å². The third-order valence-electron chi connectivity index (χ3n) is 3.95. The minimum atomic E-state index is -0.0111. The van der Waals surface area contributed by atoms with Gasteiger partial charge in [0.25, 0.3) is 0 Å². The quantitative estimate of drug-likeness (QED) is 0.727. The number of fused-ring (bicyclic) bond motifs is 2. The van der Waals surface area contributed by atoms with E-state index in [-0.39, 0.29) is 5.43 Å². The van der Waals surface area contributed by atoms with Crippen molar-refractivity contribution in [2.75, 3.05) is 5.75 Å². The van der Waals surface area contributed by atoms with E-state index in [0.717, 1.165) is 23.2 Å². The van der Waals surface area contributed by atoms with E-state index < -0.39 is 0 Å². The van der Waals surface area contributed by atoms with Gasteiger partial charge in [-0.2, -0.15) is 5.10 Å². The van der Waals surface area contributed by atoms with Crippen molar-refractivity contribution in [2.24, 2.45) is 0 Å². The number of aromatic nitrogens is 2. The second-order valence-corrected chi connectivity index (χ2v) is 6.32. The van der Waals surface area contributed by atoms with Crippen LogP contribution in [0.25, 0.3) is 10.9 Å². The predicted octanol–water partition coefficient (Wildman–Crippen LogP) is 3.29. The maximum Gasteiger partial charge on any atom is 0.207 e. The first-order valence-corrected chi connectivity index (χ1v) is 7.98. The van der Waals surface area contributed by atoms with Crippen LogP contribution in [0.3, 0.4) is 0 Å². The van der Waals surface area contributed by atoms with Gasteiger partial charge in [0, 0.05) is 28.5 Å². The minimum Gasteiger partial charge on any atom is -0.287 e. The Balaban J connectivity index is 1.76. The average molecular weight is 294 g/mol. The van der Waals surface area contributed by atoms with Crippen molar-refractivity contribution < 1.29 is 0 Å². The SMILES string of the molecule is O=c1cnn(CC2CSc3ccccc32)c2ccccc12. The van der Waals surface area contributed by atoms with E-state index in [1.54, 1.807) is 0 Å². The Hall–Kier alpha value is -2.07. The molecule has 0 N–H and O–H groups in total. The van der Waals surface area contributed by atoms with Crippen LogP contribution >= 0.6 is 11.8 Å². The molecular formula is C17H14N2OS. The van der Waals surface area contributed by atoms with E-state index in [1.165, 1.54) is 16.7 Å². The Labute approximate surface area is 126 Å². The highest BCUT2D eigenvalue weighted by molar-refractivity contribution is 7.99. The van der Waals surface area contributed by atoms with Gasteiger partial charge in [-0.05, 0) is 23.8 Å². The Morgan fingerprint density at radius 1 is 1.14 bits per heavy atom. The summed E-state index contributed by atoms with van der Waals surface area (Å²) in [7, 11) is 0. The molecule has 4 rings (SSSR count). The molecule has 0 amide bonds. The number of nitrogens with zero attached hydrogens (tertiary/aromatic N) is 2. The number of thioether (sulfide) groups is 1. The Morgan fingerprint density at radius 3 is 2.90 bits per heavy atom. The van der Waals surface area contributed by atoms with Crippen LogP contribution in [-0.4, -0.2) is 15.5 Å². The predicted molar refractivity (Wildman–Crippen MR) is 85.9 cm³/mol. The van der Waals surface area contributed by atoms with Crippen LogP contribution in [0.5, 0.6) is 0 Å². The van der Waals surface area contributed by atoms with Crippen molar-refractivity contribution in [1.29, 1.82) is 0 Å². The molecule has 0 fully saturated rings. The molecular weight excluding hydrogens is 280 g/mol. The van der Waals surface area contributed by atoms with Crippen molar-refractivity contribution >= 4 is 22.7 Å². The summed E-state index contributed by atoms with van der Waals surface area (Å²) in [4.78, 5) is 13.3. The highest BCUT2D eigenvalue weighted by Gasteiger charge is 2.23. The van der Waals surface area contributed by atoms with Crippen molar-refractivity contribution in [3.63, 3.8) is 0 Å². The molecule has 1 atom stereocenters. The normalized spacial score (nSPS) is 17.0. The molecule has 2 heterocycles. The summed E-state index contributed by atoms with van der Waals surface area (Å²) >= 11 is 1.90. The van der Waals surface area contributed by atoms with Crippen LogP contribution in [0.15, 0.2) is 64.4 Å². The molecule has 1 unspecified atom stereocenters. The summed E-state index contributed by atoms with van der Waals surface area (Å²) < 4.78 is 1.96. The topological polar surface area (TPSA) is 34.9 Å². The summed E-state index contributed by atoms with van der Waals surface area (Å²) in [5.74, 6) is 1.52. The number of hydrogen-bond donors (Lipinski definition) is 0. The molecule has 2 aromatic carbocycles. The third kappa shape index (κ3) is 2.16. The molecule has 104 valence electrons. The lowest BCUT2D eigenvalue weighted by Crippen LogP contribution is -2.16. The van der Waals surface area contributed by atoms with Gasteiger partial charge >= 0.3 is 0 Å². The van der Waals surface area contributed by atoms with Gasteiger partial charge < -0.3 is 0 Å². The molecule has 21 heavy (non-hydrogen) atoms. The van der Waals surface area contributed by atoms with Crippen LogP contribution in [-0.2, 0) is 6.54 Å². The molecule has 0 bridgehead atoms. The average Bonchev–Trinajstić information content (AvgIpc) is 2.94. The number of rotatable bonds is 2. The molecule has 0 aliphatic carbocycles. The molecule has 1 aliphatic heterocycles. The standard InChI is InChI=1S/C17H14N2OS/c20-16-9-18-19(15-7-3-1-6-14(15)16)10-12-11-21-17-8-4-2-5-13(12)17/h1-9,12H,10-11H2. The van der Waals surface area contributed by atoms with Crippen LogP contribution in [0.4, 0.5) is 0 Å². The van der Waals surface area contributed by atoms with Gasteiger partial charge in [0.1, 0.15) is 0 Å². The number of hydrogen-bond acceptors (Lipinski definition) is 3. The lowest BCUT2D eigenvalue weighted by molar-refractivity contribution is 0.557. The zero-order valence-electron chi connectivity index (χ0n) is 11.4. The van der Waals surface area contributed by atoms with Crippen molar-refractivity contribution in [1.82, 2.24) is 9.78 Å². The second kappa shape index (κ2) is 5.04. The van der Waals surface area contributed by atoms with Gasteiger partial charge in [0.05, 0.1) is 11.7 Å². The molecule has 0 spiro atoms. The number of para-hydroxylation sites is 1. The minimum absolute atomic E-state index is 0.0111. The van der Waals surface area contributed by atoms with E-state index in [4.69, 9.17) is 0 Å². The fourth-order valence-electron chi connectivity index (χ4n) is 2.90. The number of benzene rings is 2. The smallest absolute Gasteiger partial charge is 0.207 e. The summed E-state index contributed by atoms with van der Waals surface area (Å²) in [5, 5.41) is 5.08. The lowest BCUT2D eigenvalue weighted by atomic mass is 10.0. The molecule has 3 nitrogen and oxygen atoms in total. The fourth-order valence-corrected chi connectivity index (χ4v) is 4.14. The maximum atomic E-state index is 11.9. The zero-order valence-corrected chi connectivity index (χ0v) is 12.2. The van der Waals surface area contributed by atoms with Gasteiger partial charge in [-0.1, -0.05) is 30.3 Å². The summed E-state index contributed by atoms with van der Waals surface area (Å²) in [6.07, 6.45) is 1.43. The summed E-state index contributed by atoms with van der Waals surface area (Å²) in [6, 6.07) is 16.2. The van der Waals surface area contributed by atoms with Gasteiger partial charge in [-0.25, -0.2) is 0 Å². The summed E-state index contributed by atoms with van der Waals surface area (Å²) in [5.41, 5.74) is 2.30. The van der Waals surface area contributed by atoms with Crippen molar-refractivity contribution in [2.45, 2.75) is 17.4 Å². The van der Waals surface area contributed by atoms with Gasteiger partial charge in [-0.15, -0.1) is 11.8 Å². The van der Waals surface area contributed by atoms with E-state index in [0.29, 0.717) is 5.92 Å².